The molecule has 0 saturated heterocycles. The lowest BCUT2D eigenvalue weighted by atomic mass is 10.0. The molecule has 0 N–H and O–H groups in total. The highest BCUT2D eigenvalue weighted by Gasteiger charge is 2.63. The van der Waals surface area contributed by atoms with Gasteiger partial charge in [-0.3, -0.25) is 4.79 Å². The molecule has 2 unspecified atom stereocenters. The van der Waals surface area contributed by atoms with Crippen LogP contribution in [0.3, 0.4) is 0 Å². The van der Waals surface area contributed by atoms with Gasteiger partial charge in [-0.1, -0.05) is 48.0 Å². The van der Waals surface area contributed by atoms with Crippen LogP contribution in [0.15, 0.2) is 24.0 Å². The molecule has 0 amide bonds. The van der Waals surface area contributed by atoms with Crippen molar-refractivity contribution in [2.24, 2.45) is 5.92 Å². The Labute approximate surface area is 159 Å². The van der Waals surface area contributed by atoms with Crippen molar-refractivity contribution >= 4 is 51.8 Å². The maximum absolute atomic E-state index is 12.6. The number of carbonyl (C=O) groups is 2. The van der Waals surface area contributed by atoms with E-state index in [1.807, 2.05) is 6.92 Å². The molecule has 1 heterocycles. The highest BCUT2D eigenvalue weighted by molar-refractivity contribution is 8.16. The molecule has 1 aliphatic heterocycles. The van der Waals surface area contributed by atoms with Crippen molar-refractivity contribution in [3.63, 3.8) is 0 Å². The molecule has 1 spiro atoms. The zero-order valence-electron chi connectivity index (χ0n) is 13.6. The lowest BCUT2D eigenvalue weighted by molar-refractivity contribution is -0.106. The van der Waals surface area contributed by atoms with Crippen molar-refractivity contribution in [1.29, 1.82) is 0 Å². The van der Waals surface area contributed by atoms with Crippen LogP contribution in [-0.4, -0.2) is 36.3 Å². The van der Waals surface area contributed by atoms with Gasteiger partial charge in [0.15, 0.2) is 0 Å². The normalized spacial score (nSPS) is 24.8. The molecule has 1 aliphatic carbocycles. The lowest BCUT2D eigenvalue weighted by Crippen LogP contribution is -2.17. The molecule has 5 nitrogen and oxygen atoms in total. The van der Waals surface area contributed by atoms with Crippen molar-refractivity contribution in [2.45, 2.75) is 18.1 Å². The summed E-state index contributed by atoms with van der Waals surface area (Å²) in [5, 5.41) is 0.618. The van der Waals surface area contributed by atoms with Crippen LogP contribution in [0.2, 0.25) is 10.0 Å². The second-order valence-electron chi connectivity index (χ2n) is 5.91. The number of benzene rings is 1. The van der Waals surface area contributed by atoms with Gasteiger partial charge in [0.2, 0.25) is 5.12 Å². The largest absolute Gasteiger partial charge is 0.513 e. The first kappa shape index (κ1) is 18.6. The van der Waals surface area contributed by atoms with Crippen molar-refractivity contribution in [2.75, 3.05) is 20.3 Å². The molecule has 1 aromatic rings. The van der Waals surface area contributed by atoms with Crippen molar-refractivity contribution in [1.82, 2.24) is 0 Å². The topological polar surface area (TPSA) is 61.8 Å². The smallest absolute Gasteiger partial charge is 0.432 e. The average molecular weight is 403 g/mol. The second-order valence-corrected chi connectivity index (χ2v) is 8.05. The van der Waals surface area contributed by atoms with Gasteiger partial charge in [-0.25, -0.2) is 4.79 Å². The summed E-state index contributed by atoms with van der Waals surface area (Å²) in [4.78, 5) is 24.6. The maximum atomic E-state index is 12.6. The maximum Gasteiger partial charge on any atom is 0.513 e. The standard InChI is InChI=1S/C17H16Cl2O5S/c1-9-8-17(9)14(24-16(21)23-6-5-22-2)13(15(20)25-17)11-4-3-10(18)7-12(11)19/h3-4,7,9H,5-6,8H2,1-2H3. The van der Waals surface area contributed by atoms with E-state index in [0.717, 1.165) is 6.42 Å². The highest BCUT2D eigenvalue weighted by Crippen LogP contribution is 2.65. The molecule has 25 heavy (non-hydrogen) atoms. The first-order valence-corrected chi connectivity index (χ1v) is 9.23. The number of hydrogen-bond acceptors (Lipinski definition) is 6. The number of carbonyl (C=O) groups excluding carboxylic acids is 2. The summed E-state index contributed by atoms with van der Waals surface area (Å²) in [6, 6.07) is 4.85. The van der Waals surface area contributed by atoms with E-state index >= 15 is 0 Å². The zero-order chi connectivity index (χ0) is 18.2. The van der Waals surface area contributed by atoms with Crippen LogP contribution in [0.5, 0.6) is 0 Å². The van der Waals surface area contributed by atoms with Crippen LogP contribution in [0.1, 0.15) is 18.9 Å². The van der Waals surface area contributed by atoms with Gasteiger partial charge in [-0.15, -0.1) is 0 Å². The molecule has 8 heteroatoms. The van der Waals surface area contributed by atoms with Crippen molar-refractivity contribution < 1.29 is 23.8 Å². The van der Waals surface area contributed by atoms with Crippen LogP contribution in [0.25, 0.3) is 5.57 Å². The quantitative estimate of drug-likeness (QED) is 0.531. The van der Waals surface area contributed by atoms with Gasteiger partial charge in [-0.05, 0) is 24.5 Å². The minimum atomic E-state index is -0.858. The minimum absolute atomic E-state index is 0.0727. The van der Waals surface area contributed by atoms with E-state index in [0.29, 0.717) is 26.9 Å². The number of ether oxygens (including phenoxy) is 3. The average Bonchev–Trinajstić information content (AvgIpc) is 3.10. The Morgan fingerprint density at radius 1 is 1.36 bits per heavy atom. The zero-order valence-corrected chi connectivity index (χ0v) is 16.0. The lowest BCUT2D eigenvalue weighted by Gasteiger charge is -2.14. The summed E-state index contributed by atoms with van der Waals surface area (Å²) in [5.41, 5.74) is 0.805. The molecule has 0 radical (unpaired) electrons. The fourth-order valence-corrected chi connectivity index (χ4v) is 4.71. The molecular weight excluding hydrogens is 387 g/mol. The number of rotatable bonds is 5. The number of hydrogen-bond donors (Lipinski definition) is 0. The summed E-state index contributed by atoms with van der Waals surface area (Å²) >= 11 is 13.4. The van der Waals surface area contributed by atoms with Crippen LogP contribution < -0.4 is 0 Å². The Kier molecular flexibility index (Phi) is 5.34. The molecule has 1 fully saturated rings. The Balaban J connectivity index is 1.96. The predicted molar refractivity (Wildman–Crippen MR) is 96.8 cm³/mol. The summed E-state index contributed by atoms with van der Waals surface area (Å²) < 4.78 is 14.7. The van der Waals surface area contributed by atoms with E-state index in [4.69, 9.17) is 37.4 Å². The Bertz CT molecular complexity index is 763. The summed E-state index contributed by atoms with van der Waals surface area (Å²) in [6.45, 7) is 2.34. The minimum Gasteiger partial charge on any atom is -0.432 e. The van der Waals surface area contributed by atoms with Crippen LogP contribution >= 0.6 is 35.0 Å². The molecule has 2 atom stereocenters. The monoisotopic (exact) mass is 402 g/mol. The molecule has 134 valence electrons. The van der Waals surface area contributed by atoms with Gasteiger partial charge in [0.05, 0.1) is 21.9 Å². The first-order chi connectivity index (χ1) is 11.9. The Morgan fingerprint density at radius 3 is 2.68 bits per heavy atom. The van der Waals surface area contributed by atoms with Gasteiger partial charge in [0, 0.05) is 17.7 Å². The molecule has 2 aliphatic rings. The first-order valence-electron chi connectivity index (χ1n) is 7.66. The summed E-state index contributed by atoms with van der Waals surface area (Å²) in [5.74, 6) is 0.536. The fourth-order valence-electron chi connectivity index (χ4n) is 2.80. The summed E-state index contributed by atoms with van der Waals surface area (Å²) in [7, 11) is 1.50. The Hall–Kier alpha value is -1.21. The number of thioether (sulfide) groups is 1. The second kappa shape index (κ2) is 7.19. The number of methoxy groups -OCH3 is 1. The molecule has 1 aromatic carbocycles. The van der Waals surface area contributed by atoms with Gasteiger partial charge >= 0.3 is 6.16 Å². The van der Waals surface area contributed by atoms with E-state index in [2.05, 4.69) is 0 Å². The molecular formula is C17H16Cl2O5S. The highest BCUT2D eigenvalue weighted by atomic mass is 35.5. The third-order valence-electron chi connectivity index (χ3n) is 4.23. The van der Waals surface area contributed by atoms with E-state index < -0.39 is 10.9 Å². The summed E-state index contributed by atoms with van der Waals surface area (Å²) in [6.07, 6.45) is -0.109. The van der Waals surface area contributed by atoms with Gasteiger partial charge in [0.1, 0.15) is 12.4 Å². The van der Waals surface area contributed by atoms with E-state index in [-0.39, 0.29) is 24.2 Å². The van der Waals surface area contributed by atoms with Crippen LogP contribution in [0.4, 0.5) is 4.79 Å². The van der Waals surface area contributed by atoms with Crippen molar-refractivity contribution in [3.05, 3.63) is 39.6 Å². The van der Waals surface area contributed by atoms with Crippen LogP contribution in [0, 0.1) is 5.92 Å². The SMILES string of the molecule is COCCOC(=O)OC1=C(c2ccc(Cl)cc2Cl)C(=O)SC12CC2C. The third kappa shape index (κ3) is 3.53. The predicted octanol–water partition coefficient (Wildman–Crippen LogP) is 4.56. The Morgan fingerprint density at radius 2 is 2.08 bits per heavy atom. The molecule has 0 bridgehead atoms. The van der Waals surface area contributed by atoms with E-state index in [1.54, 1.807) is 18.2 Å². The van der Waals surface area contributed by atoms with Gasteiger partial charge < -0.3 is 14.2 Å². The van der Waals surface area contributed by atoms with Crippen molar-refractivity contribution in [3.8, 4) is 0 Å². The fraction of sp³-hybridized carbons (Fsp3) is 0.412. The van der Waals surface area contributed by atoms with Gasteiger partial charge in [-0.2, -0.15) is 0 Å². The third-order valence-corrected chi connectivity index (χ3v) is 6.28. The van der Waals surface area contributed by atoms with E-state index in [1.165, 1.54) is 18.9 Å². The molecule has 0 aromatic heterocycles. The molecule has 3 rings (SSSR count). The van der Waals surface area contributed by atoms with Gasteiger partial charge in [0.25, 0.3) is 0 Å². The number of halogens is 2. The van der Waals surface area contributed by atoms with E-state index in [9.17, 15) is 9.59 Å². The van der Waals surface area contributed by atoms with Crippen LogP contribution in [-0.2, 0) is 19.0 Å². The molecule has 1 saturated carbocycles.